The molecule has 1 aromatic heterocycles. The summed E-state index contributed by atoms with van der Waals surface area (Å²) in [7, 11) is 0. The number of hydrogen-bond acceptors (Lipinski definition) is 3. The topological polar surface area (TPSA) is 74.0 Å². The van der Waals surface area contributed by atoms with Gasteiger partial charge in [0.1, 0.15) is 0 Å². The van der Waals surface area contributed by atoms with Gasteiger partial charge in [0.25, 0.3) is 5.56 Å². The third kappa shape index (κ3) is 5.17. The first-order chi connectivity index (χ1) is 9.56. The van der Waals surface area contributed by atoms with Crippen molar-refractivity contribution in [2.75, 3.05) is 13.1 Å². The van der Waals surface area contributed by atoms with Crippen molar-refractivity contribution >= 4 is 18.3 Å². The second-order valence-corrected chi connectivity index (χ2v) is 5.62. The van der Waals surface area contributed by atoms with E-state index in [0.717, 1.165) is 37.2 Å². The molecule has 2 heterocycles. The lowest BCUT2D eigenvalue weighted by molar-refractivity contribution is -0.121. The normalized spacial score (nSPS) is 17.3. The number of aryl methyl sites for hydroxylation is 2. The SMILES string of the molecule is Cc1cc(C)c(CNC(=O)CCC2CCNC2)c(=O)[nH]1.Cl. The maximum Gasteiger partial charge on any atom is 0.253 e. The fourth-order valence-corrected chi connectivity index (χ4v) is 2.67. The maximum absolute atomic E-state index is 11.8. The number of hydrogen-bond donors (Lipinski definition) is 3. The Morgan fingerprint density at radius 1 is 1.43 bits per heavy atom. The van der Waals surface area contributed by atoms with Gasteiger partial charge in [-0.05, 0) is 57.3 Å². The van der Waals surface area contributed by atoms with Crippen LogP contribution in [-0.2, 0) is 11.3 Å². The highest BCUT2D eigenvalue weighted by Crippen LogP contribution is 2.14. The number of pyridine rings is 1. The third-order valence-corrected chi connectivity index (χ3v) is 3.90. The van der Waals surface area contributed by atoms with Crippen LogP contribution >= 0.6 is 12.4 Å². The summed E-state index contributed by atoms with van der Waals surface area (Å²) in [5.74, 6) is 0.640. The molecule has 1 fully saturated rings. The summed E-state index contributed by atoms with van der Waals surface area (Å²) < 4.78 is 0. The van der Waals surface area contributed by atoms with Gasteiger partial charge in [0.2, 0.25) is 5.91 Å². The van der Waals surface area contributed by atoms with Gasteiger partial charge in [-0.1, -0.05) is 0 Å². The van der Waals surface area contributed by atoms with E-state index in [1.807, 2.05) is 19.9 Å². The van der Waals surface area contributed by atoms with Crippen LogP contribution in [0.5, 0.6) is 0 Å². The van der Waals surface area contributed by atoms with Gasteiger partial charge in [-0.3, -0.25) is 9.59 Å². The van der Waals surface area contributed by atoms with Crippen LogP contribution in [-0.4, -0.2) is 24.0 Å². The van der Waals surface area contributed by atoms with Crippen molar-refractivity contribution in [1.29, 1.82) is 0 Å². The van der Waals surface area contributed by atoms with Crippen LogP contribution in [0.3, 0.4) is 0 Å². The molecule has 1 saturated heterocycles. The minimum atomic E-state index is -0.109. The second kappa shape index (κ2) is 8.20. The monoisotopic (exact) mass is 313 g/mol. The van der Waals surface area contributed by atoms with E-state index >= 15 is 0 Å². The van der Waals surface area contributed by atoms with Crippen molar-refractivity contribution in [3.8, 4) is 0 Å². The summed E-state index contributed by atoms with van der Waals surface area (Å²) in [5.41, 5.74) is 2.30. The number of aromatic nitrogens is 1. The Hall–Kier alpha value is -1.33. The lowest BCUT2D eigenvalue weighted by atomic mass is 10.0. The van der Waals surface area contributed by atoms with Crippen molar-refractivity contribution in [2.45, 2.75) is 39.7 Å². The zero-order valence-corrected chi connectivity index (χ0v) is 13.4. The van der Waals surface area contributed by atoms with E-state index in [0.29, 0.717) is 24.4 Å². The molecule has 5 nitrogen and oxygen atoms in total. The van der Waals surface area contributed by atoms with Gasteiger partial charge in [-0.25, -0.2) is 0 Å². The summed E-state index contributed by atoms with van der Waals surface area (Å²) in [6.07, 6.45) is 2.61. The zero-order chi connectivity index (χ0) is 14.5. The molecule has 1 amide bonds. The minimum Gasteiger partial charge on any atom is -0.352 e. The van der Waals surface area contributed by atoms with Gasteiger partial charge in [-0.15, -0.1) is 12.4 Å². The molecule has 1 atom stereocenters. The standard InChI is InChI=1S/C15H23N3O2.ClH/c1-10-7-11(2)18-15(20)13(10)9-17-14(19)4-3-12-5-6-16-8-12;/h7,12,16H,3-6,8-9H2,1-2H3,(H,17,19)(H,18,20);1H. The molecule has 0 bridgehead atoms. The molecule has 118 valence electrons. The third-order valence-electron chi connectivity index (χ3n) is 3.90. The molecule has 1 aliphatic heterocycles. The van der Waals surface area contributed by atoms with Crippen LogP contribution < -0.4 is 16.2 Å². The molecule has 3 N–H and O–H groups in total. The zero-order valence-electron chi connectivity index (χ0n) is 12.6. The minimum absolute atomic E-state index is 0. The summed E-state index contributed by atoms with van der Waals surface area (Å²) in [4.78, 5) is 26.4. The summed E-state index contributed by atoms with van der Waals surface area (Å²) >= 11 is 0. The smallest absolute Gasteiger partial charge is 0.253 e. The summed E-state index contributed by atoms with van der Waals surface area (Å²) in [5, 5.41) is 6.14. The van der Waals surface area contributed by atoms with Gasteiger partial charge in [0.15, 0.2) is 0 Å². The Labute approximate surface area is 131 Å². The molecule has 1 unspecified atom stereocenters. The quantitative estimate of drug-likeness (QED) is 0.769. The first-order valence-corrected chi connectivity index (χ1v) is 7.23. The van der Waals surface area contributed by atoms with Gasteiger partial charge >= 0.3 is 0 Å². The van der Waals surface area contributed by atoms with Gasteiger partial charge in [-0.2, -0.15) is 0 Å². The van der Waals surface area contributed by atoms with Crippen molar-refractivity contribution in [2.24, 2.45) is 5.92 Å². The lowest BCUT2D eigenvalue weighted by Crippen LogP contribution is -2.28. The second-order valence-electron chi connectivity index (χ2n) is 5.62. The molecule has 21 heavy (non-hydrogen) atoms. The molecule has 1 aromatic rings. The van der Waals surface area contributed by atoms with E-state index in [-0.39, 0.29) is 23.9 Å². The number of carbonyl (C=O) groups is 1. The molecule has 1 aliphatic rings. The Balaban J connectivity index is 0.00000220. The maximum atomic E-state index is 11.8. The summed E-state index contributed by atoms with van der Waals surface area (Å²) in [6, 6.07) is 1.92. The summed E-state index contributed by atoms with van der Waals surface area (Å²) in [6.45, 7) is 6.14. The molecule has 0 aliphatic carbocycles. The molecular formula is C15H24ClN3O2. The first-order valence-electron chi connectivity index (χ1n) is 7.23. The lowest BCUT2D eigenvalue weighted by Gasteiger charge is -2.10. The average molecular weight is 314 g/mol. The predicted molar refractivity (Wildman–Crippen MR) is 85.8 cm³/mol. The molecule has 0 spiro atoms. The fourth-order valence-electron chi connectivity index (χ4n) is 2.67. The number of aromatic amines is 1. The highest BCUT2D eigenvalue weighted by Gasteiger charge is 2.15. The Bertz CT molecular complexity index is 536. The van der Waals surface area contributed by atoms with E-state index in [2.05, 4.69) is 15.6 Å². The largest absolute Gasteiger partial charge is 0.352 e. The van der Waals surface area contributed by atoms with Crippen LogP contribution in [0, 0.1) is 19.8 Å². The fraction of sp³-hybridized carbons (Fsp3) is 0.600. The van der Waals surface area contributed by atoms with Crippen LogP contribution in [0.25, 0.3) is 0 Å². The number of amides is 1. The highest BCUT2D eigenvalue weighted by atomic mass is 35.5. The molecular weight excluding hydrogens is 290 g/mol. The Morgan fingerprint density at radius 2 is 2.19 bits per heavy atom. The van der Waals surface area contributed by atoms with E-state index in [9.17, 15) is 9.59 Å². The van der Waals surface area contributed by atoms with E-state index in [1.54, 1.807) is 0 Å². The molecule has 0 radical (unpaired) electrons. The van der Waals surface area contributed by atoms with Gasteiger partial charge in [0.05, 0.1) is 0 Å². The van der Waals surface area contributed by atoms with Crippen LogP contribution in [0.4, 0.5) is 0 Å². The molecule has 0 saturated carbocycles. The van der Waals surface area contributed by atoms with E-state index in [4.69, 9.17) is 0 Å². The van der Waals surface area contributed by atoms with Crippen molar-refractivity contribution < 1.29 is 4.79 Å². The molecule has 6 heteroatoms. The van der Waals surface area contributed by atoms with Crippen molar-refractivity contribution in [3.63, 3.8) is 0 Å². The van der Waals surface area contributed by atoms with Crippen LogP contribution in [0.1, 0.15) is 36.1 Å². The average Bonchev–Trinajstić information content (AvgIpc) is 2.88. The number of H-pyrrole nitrogens is 1. The number of halogens is 1. The van der Waals surface area contributed by atoms with Gasteiger partial charge in [0, 0.05) is 24.2 Å². The van der Waals surface area contributed by atoms with E-state index in [1.165, 1.54) is 0 Å². The Kier molecular flexibility index (Phi) is 6.92. The van der Waals surface area contributed by atoms with Crippen molar-refractivity contribution in [3.05, 3.63) is 33.2 Å². The highest BCUT2D eigenvalue weighted by molar-refractivity contribution is 5.85. The van der Waals surface area contributed by atoms with Crippen LogP contribution in [0.2, 0.25) is 0 Å². The van der Waals surface area contributed by atoms with E-state index < -0.39 is 0 Å². The Morgan fingerprint density at radius 3 is 2.81 bits per heavy atom. The molecule has 2 rings (SSSR count). The predicted octanol–water partition coefficient (Wildman–Crippen LogP) is 1.42. The first kappa shape index (κ1) is 17.7. The number of nitrogens with one attached hydrogen (secondary N) is 3. The van der Waals surface area contributed by atoms with Crippen LogP contribution in [0.15, 0.2) is 10.9 Å². The molecule has 0 aromatic carbocycles. The van der Waals surface area contributed by atoms with Gasteiger partial charge < -0.3 is 15.6 Å². The number of rotatable bonds is 5. The number of carbonyl (C=O) groups excluding carboxylic acids is 1. The van der Waals surface area contributed by atoms with Crippen molar-refractivity contribution in [1.82, 2.24) is 15.6 Å².